The molecule has 0 saturated heterocycles. The molecule has 18 heavy (non-hydrogen) atoms. The van der Waals surface area contributed by atoms with Crippen LogP contribution in [0.25, 0.3) is 0 Å². The van der Waals surface area contributed by atoms with E-state index in [4.69, 9.17) is 5.11 Å². The van der Waals surface area contributed by atoms with Gasteiger partial charge >= 0.3 is 5.97 Å². The molecule has 0 spiro atoms. The van der Waals surface area contributed by atoms with Crippen molar-refractivity contribution in [2.75, 3.05) is 18.0 Å². The minimum atomic E-state index is -0.847. The molecule has 0 saturated carbocycles. The molecule has 1 unspecified atom stereocenters. The highest BCUT2D eigenvalue weighted by Crippen LogP contribution is 2.23. The molecule has 1 N–H and O–H groups in total. The fraction of sp³-hybridized carbons (Fsp3) is 0.615. The van der Waals surface area contributed by atoms with Gasteiger partial charge in [-0.05, 0) is 34.6 Å². The van der Waals surface area contributed by atoms with E-state index in [1.54, 1.807) is 6.92 Å². The van der Waals surface area contributed by atoms with Crippen LogP contribution in [0.15, 0.2) is 0 Å². The predicted octanol–water partition coefficient (Wildman–Crippen LogP) is 2.13. The zero-order valence-corrected chi connectivity index (χ0v) is 11.7. The second kappa shape index (κ2) is 5.80. The molecule has 1 aromatic rings. The summed E-state index contributed by atoms with van der Waals surface area (Å²) in [5, 5.41) is 9.09. The number of carbonyl (C=O) groups is 1. The Hall–Kier alpha value is -1.65. The lowest BCUT2D eigenvalue weighted by Gasteiger charge is -2.21. The van der Waals surface area contributed by atoms with E-state index < -0.39 is 11.9 Å². The van der Waals surface area contributed by atoms with Crippen LogP contribution in [0.2, 0.25) is 0 Å². The molecule has 1 aromatic heterocycles. The number of carboxylic acid groups (broad SMARTS) is 1. The van der Waals surface area contributed by atoms with Crippen LogP contribution >= 0.6 is 0 Å². The van der Waals surface area contributed by atoms with E-state index in [-0.39, 0.29) is 0 Å². The molecular weight excluding hydrogens is 230 g/mol. The van der Waals surface area contributed by atoms with Gasteiger partial charge in [0, 0.05) is 30.0 Å². The summed E-state index contributed by atoms with van der Waals surface area (Å²) in [4.78, 5) is 22.0. The van der Waals surface area contributed by atoms with Crippen LogP contribution in [0.1, 0.15) is 43.6 Å². The Labute approximate surface area is 108 Å². The summed E-state index contributed by atoms with van der Waals surface area (Å²) < 4.78 is 0. The third-order valence-corrected chi connectivity index (χ3v) is 3.16. The van der Waals surface area contributed by atoms with E-state index in [9.17, 15) is 4.79 Å². The Kier molecular flexibility index (Phi) is 4.64. The third kappa shape index (κ3) is 2.78. The van der Waals surface area contributed by atoms with Gasteiger partial charge in [0.1, 0.15) is 0 Å². The largest absolute Gasteiger partial charge is 0.481 e. The molecule has 5 nitrogen and oxygen atoms in total. The second-order valence-corrected chi connectivity index (χ2v) is 4.34. The summed E-state index contributed by atoms with van der Waals surface area (Å²) in [7, 11) is 0. The second-order valence-electron chi connectivity index (χ2n) is 4.34. The maximum atomic E-state index is 11.1. The Morgan fingerprint density at radius 1 is 1.22 bits per heavy atom. The Morgan fingerprint density at radius 3 is 2.00 bits per heavy atom. The Morgan fingerprint density at radius 2 is 1.67 bits per heavy atom. The summed E-state index contributed by atoms with van der Waals surface area (Å²) in [6.07, 6.45) is 0. The molecule has 0 amide bonds. The summed E-state index contributed by atoms with van der Waals surface area (Å²) in [6.45, 7) is 11.1. The van der Waals surface area contributed by atoms with Crippen molar-refractivity contribution in [3.63, 3.8) is 0 Å². The van der Waals surface area contributed by atoms with Crippen LogP contribution in [0.5, 0.6) is 0 Å². The molecule has 5 heteroatoms. The molecule has 0 fully saturated rings. The summed E-state index contributed by atoms with van der Waals surface area (Å²) in [6, 6.07) is 0. The molecule has 0 bridgehead atoms. The lowest BCUT2D eigenvalue weighted by atomic mass is 9.98. The first-order chi connectivity index (χ1) is 8.42. The predicted molar refractivity (Wildman–Crippen MR) is 71.1 cm³/mol. The third-order valence-electron chi connectivity index (χ3n) is 3.16. The van der Waals surface area contributed by atoms with E-state index in [0.717, 1.165) is 30.0 Å². The van der Waals surface area contributed by atoms with Gasteiger partial charge in [-0.1, -0.05) is 0 Å². The molecule has 0 radical (unpaired) electrons. The average Bonchev–Trinajstić information content (AvgIpc) is 2.29. The van der Waals surface area contributed by atoms with Crippen LogP contribution in [0.3, 0.4) is 0 Å². The highest BCUT2D eigenvalue weighted by atomic mass is 16.4. The molecule has 0 aliphatic rings. The zero-order chi connectivity index (χ0) is 13.9. The Balaban J connectivity index is 3.24. The van der Waals surface area contributed by atoms with Gasteiger partial charge in [0.15, 0.2) is 0 Å². The van der Waals surface area contributed by atoms with E-state index in [1.165, 1.54) is 0 Å². The minimum absolute atomic E-state index is 0.573. The smallest absolute Gasteiger partial charge is 0.310 e. The standard InChI is InChI=1S/C13H21N3O2/c1-6-16(7-2)13-14-9(4)11(10(5)15-13)8(3)12(17)18/h8H,6-7H2,1-5H3,(H,17,18). The van der Waals surface area contributed by atoms with Crippen LogP contribution in [0.4, 0.5) is 5.95 Å². The average molecular weight is 251 g/mol. The van der Waals surface area contributed by atoms with Gasteiger partial charge in [-0.15, -0.1) is 0 Å². The lowest BCUT2D eigenvalue weighted by molar-refractivity contribution is -0.138. The zero-order valence-electron chi connectivity index (χ0n) is 11.7. The lowest BCUT2D eigenvalue weighted by Crippen LogP contribution is -2.25. The van der Waals surface area contributed by atoms with Crippen molar-refractivity contribution in [3.8, 4) is 0 Å². The molecule has 100 valence electrons. The molecule has 1 heterocycles. The van der Waals surface area contributed by atoms with Crippen molar-refractivity contribution in [2.45, 2.75) is 40.5 Å². The topological polar surface area (TPSA) is 66.3 Å². The van der Waals surface area contributed by atoms with Crippen LogP contribution in [-0.2, 0) is 4.79 Å². The number of hydrogen-bond donors (Lipinski definition) is 1. The first-order valence-corrected chi connectivity index (χ1v) is 6.25. The molecular formula is C13H21N3O2. The van der Waals surface area contributed by atoms with Crippen LogP contribution in [-0.4, -0.2) is 34.1 Å². The fourth-order valence-corrected chi connectivity index (χ4v) is 2.11. The van der Waals surface area contributed by atoms with Crippen molar-refractivity contribution in [1.29, 1.82) is 0 Å². The first-order valence-electron chi connectivity index (χ1n) is 6.25. The number of anilines is 1. The van der Waals surface area contributed by atoms with Crippen molar-refractivity contribution in [3.05, 3.63) is 17.0 Å². The van der Waals surface area contributed by atoms with Gasteiger partial charge in [0.05, 0.1) is 5.92 Å². The molecule has 0 aromatic carbocycles. The first kappa shape index (κ1) is 14.4. The maximum Gasteiger partial charge on any atom is 0.310 e. The normalized spacial score (nSPS) is 12.3. The monoisotopic (exact) mass is 251 g/mol. The quantitative estimate of drug-likeness (QED) is 0.868. The van der Waals surface area contributed by atoms with Gasteiger partial charge in [-0.3, -0.25) is 4.79 Å². The SMILES string of the molecule is CCN(CC)c1nc(C)c(C(C)C(=O)O)c(C)n1. The van der Waals surface area contributed by atoms with Crippen molar-refractivity contribution >= 4 is 11.9 Å². The highest BCUT2D eigenvalue weighted by molar-refractivity contribution is 5.76. The molecule has 0 aliphatic carbocycles. The number of carboxylic acids is 1. The number of rotatable bonds is 5. The summed E-state index contributed by atoms with van der Waals surface area (Å²) in [5.41, 5.74) is 2.22. The van der Waals surface area contributed by atoms with Gasteiger partial charge in [0.25, 0.3) is 0 Å². The van der Waals surface area contributed by atoms with E-state index in [0.29, 0.717) is 5.95 Å². The number of aryl methyl sites for hydroxylation is 2. The maximum absolute atomic E-state index is 11.1. The summed E-state index contributed by atoms with van der Waals surface area (Å²) >= 11 is 0. The van der Waals surface area contributed by atoms with Gasteiger partial charge in [-0.2, -0.15) is 0 Å². The van der Waals surface area contributed by atoms with Gasteiger partial charge < -0.3 is 10.0 Å². The summed E-state index contributed by atoms with van der Waals surface area (Å²) in [5.74, 6) is -0.743. The van der Waals surface area contributed by atoms with E-state index in [1.807, 2.05) is 27.7 Å². The van der Waals surface area contributed by atoms with Crippen molar-refractivity contribution in [1.82, 2.24) is 9.97 Å². The highest BCUT2D eigenvalue weighted by Gasteiger charge is 2.21. The van der Waals surface area contributed by atoms with Crippen LogP contribution in [0, 0.1) is 13.8 Å². The van der Waals surface area contributed by atoms with E-state index in [2.05, 4.69) is 14.9 Å². The van der Waals surface area contributed by atoms with E-state index >= 15 is 0 Å². The molecule has 0 aliphatic heterocycles. The number of hydrogen-bond acceptors (Lipinski definition) is 4. The minimum Gasteiger partial charge on any atom is -0.481 e. The van der Waals surface area contributed by atoms with Crippen molar-refractivity contribution in [2.24, 2.45) is 0 Å². The molecule has 1 rings (SSSR count). The van der Waals surface area contributed by atoms with Gasteiger partial charge in [-0.25, -0.2) is 9.97 Å². The Bertz CT molecular complexity index is 419. The van der Waals surface area contributed by atoms with Gasteiger partial charge in [0.2, 0.25) is 5.95 Å². The van der Waals surface area contributed by atoms with Crippen molar-refractivity contribution < 1.29 is 9.90 Å². The fourth-order valence-electron chi connectivity index (χ4n) is 2.11. The van der Waals surface area contributed by atoms with Crippen LogP contribution < -0.4 is 4.90 Å². The molecule has 1 atom stereocenters. The number of aromatic nitrogens is 2. The number of nitrogens with zero attached hydrogens (tertiary/aromatic N) is 3. The number of aliphatic carboxylic acids is 1.